The van der Waals surface area contributed by atoms with E-state index < -0.39 is 98.2 Å². The zero-order valence-electron chi connectivity index (χ0n) is 24.7. The van der Waals surface area contributed by atoms with Gasteiger partial charge in [0.05, 0.1) is 17.5 Å². The number of alkyl halides is 2. The smallest absolute Gasteiger partial charge is 0.258 e. The van der Waals surface area contributed by atoms with Gasteiger partial charge in [0.15, 0.2) is 33.0 Å². The van der Waals surface area contributed by atoms with Crippen LogP contribution < -0.4 is 9.80 Å². The van der Waals surface area contributed by atoms with E-state index in [1.807, 2.05) is 6.92 Å². The van der Waals surface area contributed by atoms with E-state index in [1.54, 1.807) is 30.3 Å². The van der Waals surface area contributed by atoms with Crippen LogP contribution in [0.1, 0.15) is 36.8 Å². The molecule has 0 aromatic heterocycles. The third kappa shape index (κ3) is 4.05. The summed E-state index contributed by atoms with van der Waals surface area (Å²) in [5.41, 5.74) is -0.179. The van der Waals surface area contributed by atoms with Crippen LogP contribution in [0.25, 0.3) is 0 Å². The molecule has 14 heteroatoms. The second kappa shape index (κ2) is 10.9. The molecule has 3 aromatic carbocycles. The van der Waals surface area contributed by atoms with Gasteiger partial charge in [-0.05, 0) is 60.6 Å². The molecule has 248 valence electrons. The van der Waals surface area contributed by atoms with E-state index in [0.717, 1.165) is 10.5 Å². The Bertz CT molecular complexity index is 1980. The lowest BCUT2D eigenvalue weighted by molar-refractivity contribution is -0.125. The van der Waals surface area contributed by atoms with Crippen LogP contribution in [-0.2, 0) is 25.6 Å². The van der Waals surface area contributed by atoms with E-state index in [4.69, 9.17) is 23.2 Å². The molecule has 6 atom stereocenters. The number of nitrogens with zero attached hydrogens (tertiary/aromatic N) is 2. The van der Waals surface area contributed by atoms with Crippen molar-refractivity contribution in [3.63, 3.8) is 0 Å². The highest BCUT2D eigenvalue weighted by molar-refractivity contribution is 6.58. The van der Waals surface area contributed by atoms with Crippen molar-refractivity contribution in [3.05, 3.63) is 100 Å². The number of halogens is 7. The zero-order valence-corrected chi connectivity index (χ0v) is 26.3. The van der Waals surface area contributed by atoms with Crippen molar-refractivity contribution in [2.24, 2.45) is 17.8 Å². The van der Waals surface area contributed by atoms with Crippen LogP contribution in [0.15, 0.2) is 60.2 Å². The Balaban J connectivity index is 1.41. The fourth-order valence-corrected chi connectivity index (χ4v) is 8.72. The number of fused-ring (bicyclic) bond motifs is 4. The molecule has 48 heavy (non-hydrogen) atoms. The maximum Gasteiger partial charge on any atom is 0.258 e. The van der Waals surface area contributed by atoms with Crippen LogP contribution in [0.4, 0.5) is 33.3 Å². The highest BCUT2D eigenvalue weighted by Gasteiger charge is 2.77. The number of hydrogen-bond acceptors (Lipinski definition) is 5. The fraction of sp³-hybridized carbons (Fsp3) is 0.294. The van der Waals surface area contributed by atoms with E-state index >= 15 is 8.78 Å². The Kier molecular flexibility index (Phi) is 7.30. The number of carbonyl (C=O) groups excluding carboxylic acids is 4. The molecule has 6 unspecified atom stereocenters. The Hall–Kier alpha value is -4.29. The molecular formula is C34H23Cl2F5N2O5. The number of benzene rings is 3. The van der Waals surface area contributed by atoms with Crippen molar-refractivity contribution in [2.75, 3.05) is 9.80 Å². The van der Waals surface area contributed by atoms with Crippen molar-refractivity contribution in [3.8, 4) is 5.75 Å². The molecule has 3 aromatic rings. The van der Waals surface area contributed by atoms with E-state index in [-0.39, 0.29) is 28.2 Å². The lowest BCUT2D eigenvalue weighted by Crippen LogP contribution is -2.60. The Morgan fingerprint density at radius 3 is 2.04 bits per heavy atom. The molecule has 1 N–H and O–H groups in total. The molecule has 2 aliphatic carbocycles. The van der Waals surface area contributed by atoms with E-state index in [1.165, 1.54) is 24.3 Å². The third-order valence-electron chi connectivity index (χ3n) is 10.0. The Labute approximate surface area is 279 Å². The molecule has 4 aliphatic rings. The lowest BCUT2D eigenvalue weighted by Gasteiger charge is -2.50. The van der Waals surface area contributed by atoms with Gasteiger partial charge < -0.3 is 5.11 Å². The molecule has 7 rings (SSSR count). The molecule has 2 saturated heterocycles. The summed E-state index contributed by atoms with van der Waals surface area (Å²) in [5.74, 6) is -21.4. The molecule has 1 saturated carbocycles. The second-order valence-corrected chi connectivity index (χ2v) is 13.6. The second-order valence-electron chi connectivity index (χ2n) is 12.3. The number of imide groups is 2. The summed E-state index contributed by atoms with van der Waals surface area (Å²) < 4.78 is 73.0. The number of phenolic OH excluding ortho intramolecular Hbond substituents is 1. The number of hydrogen-bond donors (Lipinski definition) is 1. The average Bonchev–Trinajstić information content (AvgIpc) is 3.41. The topological polar surface area (TPSA) is 95.0 Å². The van der Waals surface area contributed by atoms with Gasteiger partial charge in [0, 0.05) is 5.92 Å². The minimum atomic E-state index is -2.66. The summed E-state index contributed by atoms with van der Waals surface area (Å²) in [6, 6.07) is 12.1. The minimum absolute atomic E-state index is 0.00563. The third-order valence-corrected chi connectivity index (χ3v) is 11.4. The minimum Gasteiger partial charge on any atom is -0.508 e. The summed E-state index contributed by atoms with van der Waals surface area (Å²) in [6.45, 7) is 1.94. The first kappa shape index (κ1) is 32.3. The lowest BCUT2D eigenvalue weighted by atomic mass is 9.56. The van der Waals surface area contributed by atoms with Gasteiger partial charge in [0.2, 0.25) is 17.6 Å². The molecule has 2 heterocycles. The predicted molar refractivity (Wildman–Crippen MR) is 163 cm³/mol. The summed E-state index contributed by atoms with van der Waals surface area (Å²) in [7, 11) is 0. The van der Waals surface area contributed by atoms with Crippen molar-refractivity contribution in [2.45, 2.75) is 41.9 Å². The summed E-state index contributed by atoms with van der Waals surface area (Å²) in [6.07, 6.45) is 1.70. The van der Waals surface area contributed by atoms with E-state index in [0.29, 0.717) is 12.1 Å². The van der Waals surface area contributed by atoms with Crippen molar-refractivity contribution >= 4 is 58.2 Å². The largest absolute Gasteiger partial charge is 0.508 e. The van der Waals surface area contributed by atoms with E-state index in [9.17, 15) is 37.5 Å². The summed E-state index contributed by atoms with van der Waals surface area (Å²) in [5, 5.41) is 10.4. The highest BCUT2D eigenvalue weighted by atomic mass is 35.5. The van der Waals surface area contributed by atoms with Crippen molar-refractivity contribution < 1.29 is 46.2 Å². The predicted octanol–water partition coefficient (Wildman–Crippen LogP) is 6.42. The molecular weight excluding hydrogens is 682 g/mol. The van der Waals surface area contributed by atoms with Crippen LogP contribution in [0.5, 0.6) is 5.75 Å². The van der Waals surface area contributed by atoms with Crippen LogP contribution in [0.2, 0.25) is 0 Å². The number of aromatic hydroxyl groups is 1. The van der Waals surface area contributed by atoms with Gasteiger partial charge in [-0.1, -0.05) is 42.8 Å². The fourth-order valence-electron chi connectivity index (χ4n) is 7.78. The van der Waals surface area contributed by atoms with E-state index in [2.05, 4.69) is 0 Å². The van der Waals surface area contributed by atoms with Gasteiger partial charge in [-0.3, -0.25) is 24.1 Å². The molecule has 0 spiro atoms. The number of allylic oxidation sites excluding steroid dienone is 2. The SMILES string of the molecule is CCc1ccc(N2C(=O)C3CC=C4C(CC5(Cl)C(=O)N(c6c(F)c(F)c(F)c(F)c6F)C(=O)C5(Cl)C4c4cccc(O)c4)C3C2=O)cc1. The van der Waals surface area contributed by atoms with Gasteiger partial charge in [0.1, 0.15) is 11.4 Å². The van der Waals surface area contributed by atoms with Gasteiger partial charge in [-0.15, -0.1) is 23.2 Å². The van der Waals surface area contributed by atoms with Gasteiger partial charge >= 0.3 is 0 Å². The maximum absolute atomic E-state index is 15.1. The zero-order chi connectivity index (χ0) is 34.6. The molecule has 4 amide bonds. The first-order chi connectivity index (χ1) is 22.7. The van der Waals surface area contributed by atoms with Gasteiger partial charge in [-0.25, -0.2) is 26.9 Å². The number of phenols is 1. The monoisotopic (exact) mass is 704 g/mol. The molecule has 3 fully saturated rings. The van der Waals surface area contributed by atoms with Crippen LogP contribution in [-0.4, -0.2) is 38.5 Å². The first-order valence-electron chi connectivity index (χ1n) is 14.9. The quantitative estimate of drug-likeness (QED) is 0.0845. The van der Waals surface area contributed by atoms with Crippen LogP contribution in [0, 0.1) is 46.8 Å². The molecule has 7 nitrogen and oxygen atoms in total. The van der Waals surface area contributed by atoms with Gasteiger partial charge in [-0.2, -0.15) is 0 Å². The van der Waals surface area contributed by atoms with Crippen molar-refractivity contribution in [1.29, 1.82) is 0 Å². The number of rotatable bonds is 4. The Morgan fingerprint density at radius 2 is 1.44 bits per heavy atom. The molecule has 2 aliphatic heterocycles. The normalized spacial score (nSPS) is 29.6. The maximum atomic E-state index is 15.1. The summed E-state index contributed by atoms with van der Waals surface area (Å²) >= 11 is 14.2. The van der Waals surface area contributed by atoms with Crippen LogP contribution in [0.3, 0.4) is 0 Å². The van der Waals surface area contributed by atoms with Gasteiger partial charge in [0.25, 0.3) is 11.8 Å². The van der Waals surface area contributed by atoms with Crippen LogP contribution >= 0.6 is 23.2 Å². The average molecular weight is 705 g/mol. The number of carbonyl (C=O) groups is 4. The number of amides is 4. The summed E-state index contributed by atoms with van der Waals surface area (Å²) in [4.78, 5) is 51.8. The Morgan fingerprint density at radius 1 is 0.812 bits per heavy atom. The highest BCUT2D eigenvalue weighted by Crippen LogP contribution is 2.66. The first-order valence-corrected chi connectivity index (χ1v) is 15.7. The molecule has 0 bridgehead atoms. The molecule has 0 radical (unpaired) electrons. The van der Waals surface area contributed by atoms with Crippen molar-refractivity contribution in [1.82, 2.24) is 0 Å². The number of anilines is 2. The standard InChI is InChI=1S/C34H23Cl2F5N2O5/c1-2-14-6-8-16(9-7-14)42-29(45)19-11-10-18-20(21(19)30(42)46)13-33(35)31(47)43(28-26(40)24(38)23(37)25(39)27(28)41)32(48)34(33,36)22(18)15-4-3-5-17(44)12-15/h3-10,12,19-22,44H,2,11,13H2,1H3. The number of aryl methyl sites for hydroxylation is 1.